The Morgan fingerprint density at radius 1 is 0.833 bits per heavy atom. The number of pyridine rings is 1. The standard InChI is InChI=1S/C37H49NO4/c1-33(2)23-41-37(42-24-33)18-13-31-32-28(11-17-36(31,40)22-37)30-12-16-35(4,39)34(30,3)21-29(32)27-9-7-25(8-10-27)5-6-26-14-19-38-20-15-26/h7-10,14-15,19-20,28-30,39-40H,5-6,11-13,16-18,21-24H2,1-4H3/t28?,29-,30?,34+,35+,36?/m1/s1. The summed E-state index contributed by atoms with van der Waals surface area (Å²) in [7, 11) is 0. The summed E-state index contributed by atoms with van der Waals surface area (Å²) in [4.78, 5) is 4.15. The van der Waals surface area contributed by atoms with Gasteiger partial charge < -0.3 is 19.7 Å². The van der Waals surface area contributed by atoms with Crippen molar-refractivity contribution in [2.75, 3.05) is 13.2 Å². The summed E-state index contributed by atoms with van der Waals surface area (Å²) in [6.45, 7) is 10.1. The van der Waals surface area contributed by atoms with Crippen molar-refractivity contribution < 1.29 is 19.7 Å². The minimum Gasteiger partial charge on any atom is -0.390 e. The Morgan fingerprint density at radius 2 is 1.50 bits per heavy atom. The van der Waals surface area contributed by atoms with Crippen LogP contribution in [0.4, 0.5) is 0 Å². The molecule has 226 valence electrons. The molecule has 1 aromatic carbocycles. The molecule has 1 aliphatic heterocycles. The smallest absolute Gasteiger partial charge is 0.171 e. The van der Waals surface area contributed by atoms with Crippen LogP contribution in [0.5, 0.6) is 0 Å². The van der Waals surface area contributed by atoms with Crippen LogP contribution < -0.4 is 0 Å². The molecule has 42 heavy (non-hydrogen) atoms. The molecule has 5 aliphatic rings. The van der Waals surface area contributed by atoms with Gasteiger partial charge in [-0.1, -0.05) is 50.6 Å². The maximum atomic E-state index is 12.4. The highest BCUT2D eigenvalue weighted by atomic mass is 16.7. The molecule has 2 heterocycles. The Bertz CT molecular complexity index is 1340. The number of aliphatic hydroxyl groups is 2. The lowest BCUT2D eigenvalue weighted by molar-refractivity contribution is -0.322. The lowest BCUT2D eigenvalue weighted by atomic mass is 9.50. The summed E-state index contributed by atoms with van der Waals surface area (Å²) in [6, 6.07) is 13.5. The number of rotatable bonds is 4. The number of ether oxygens (including phenoxy) is 2. The number of benzene rings is 1. The number of allylic oxidation sites excluding steroid dienone is 1. The lowest BCUT2D eigenvalue weighted by Gasteiger charge is -2.58. The number of nitrogens with zero attached hydrogens (tertiary/aromatic N) is 1. The van der Waals surface area contributed by atoms with Crippen molar-refractivity contribution in [1.82, 2.24) is 4.98 Å². The van der Waals surface area contributed by atoms with Crippen molar-refractivity contribution in [1.29, 1.82) is 0 Å². The van der Waals surface area contributed by atoms with E-state index in [-0.39, 0.29) is 16.7 Å². The molecule has 0 bridgehead atoms. The Hall–Kier alpha value is -2.05. The Morgan fingerprint density at radius 3 is 2.19 bits per heavy atom. The largest absolute Gasteiger partial charge is 0.390 e. The van der Waals surface area contributed by atoms with E-state index in [1.165, 1.54) is 27.8 Å². The maximum Gasteiger partial charge on any atom is 0.171 e. The highest BCUT2D eigenvalue weighted by molar-refractivity contribution is 5.44. The molecular formula is C37H49NO4. The molecule has 4 fully saturated rings. The quantitative estimate of drug-likeness (QED) is 0.390. The number of hydrogen-bond donors (Lipinski definition) is 2. The molecule has 1 aromatic heterocycles. The summed E-state index contributed by atoms with van der Waals surface area (Å²) < 4.78 is 12.8. The zero-order valence-corrected chi connectivity index (χ0v) is 26.0. The van der Waals surface area contributed by atoms with Gasteiger partial charge in [0.1, 0.15) is 0 Å². The van der Waals surface area contributed by atoms with Crippen LogP contribution in [0.2, 0.25) is 0 Å². The van der Waals surface area contributed by atoms with Gasteiger partial charge in [-0.3, -0.25) is 4.98 Å². The van der Waals surface area contributed by atoms with Gasteiger partial charge in [-0.25, -0.2) is 0 Å². The fourth-order valence-corrected chi connectivity index (χ4v) is 9.53. The van der Waals surface area contributed by atoms with E-state index in [1.807, 2.05) is 12.4 Å². The summed E-state index contributed by atoms with van der Waals surface area (Å²) in [5, 5.41) is 24.1. The molecule has 1 spiro atoms. The molecule has 3 unspecified atom stereocenters. The SMILES string of the molecule is CC1(C)COC2(CCC3=C4C(CCC3(O)C2)C2CC[C@](C)(O)[C@@]2(C)C[C@@H]4c2ccc(CCc3ccncc3)cc2)OC1. The molecule has 2 N–H and O–H groups in total. The molecule has 5 heteroatoms. The van der Waals surface area contributed by atoms with E-state index >= 15 is 0 Å². The maximum absolute atomic E-state index is 12.4. The van der Waals surface area contributed by atoms with Gasteiger partial charge in [0.05, 0.1) is 24.4 Å². The van der Waals surface area contributed by atoms with Crippen LogP contribution in [0.1, 0.15) is 102 Å². The van der Waals surface area contributed by atoms with Crippen LogP contribution in [0.15, 0.2) is 59.9 Å². The van der Waals surface area contributed by atoms with Crippen molar-refractivity contribution in [3.63, 3.8) is 0 Å². The van der Waals surface area contributed by atoms with Crippen LogP contribution in [-0.4, -0.2) is 45.4 Å². The third-order valence-electron chi connectivity index (χ3n) is 12.3. The van der Waals surface area contributed by atoms with E-state index in [9.17, 15) is 10.2 Å². The van der Waals surface area contributed by atoms with Crippen molar-refractivity contribution >= 4 is 0 Å². The van der Waals surface area contributed by atoms with Gasteiger partial charge in [-0.05, 0) is 105 Å². The number of aromatic nitrogens is 1. The average molecular weight is 572 g/mol. The summed E-state index contributed by atoms with van der Waals surface area (Å²) in [6.07, 6.45) is 12.5. The van der Waals surface area contributed by atoms with E-state index in [4.69, 9.17) is 9.47 Å². The van der Waals surface area contributed by atoms with Crippen LogP contribution in [-0.2, 0) is 22.3 Å². The van der Waals surface area contributed by atoms with Crippen LogP contribution in [0, 0.1) is 22.7 Å². The predicted octanol–water partition coefficient (Wildman–Crippen LogP) is 6.91. The van der Waals surface area contributed by atoms with Gasteiger partial charge in [-0.2, -0.15) is 0 Å². The summed E-state index contributed by atoms with van der Waals surface area (Å²) in [5.74, 6) is 0.394. The summed E-state index contributed by atoms with van der Waals surface area (Å²) >= 11 is 0. The molecule has 5 nitrogen and oxygen atoms in total. The zero-order chi connectivity index (χ0) is 29.4. The van der Waals surface area contributed by atoms with Crippen molar-refractivity contribution in [3.8, 4) is 0 Å². The van der Waals surface area contributed by atoms with Gasteiger partial charge in [-0.15, -0.1) is 0 Å². The first-order chi connectivity index (χ1) is 19.9. The number of aryl methyl sites for hydroxylation is 2. The van der Waals surface area contributed by atoms with Crippen LogP contribution in [0.25, 0.3) is 0 Å². The van der Waals surface area contributed by atoms with Gasteiger partial charge >= 0.3 is 0 Å². The summed E-state index contributed by atoms with van der Waals surface area (Å²) in [5.41, 5.74) is 5.04. The molecule has 7 rings (SSSR count). The van der Waals surface area contributed by atoms with E-state index < -0.39 is 17.0 Å². The molecule has 2 aromatic rings. The van der Waals surface area contributed by atoms with Crippen molar-refractivity contribution in [3.05, 3.63) is 76.6 Å². The molecule has 1 saturated heterocycles. The average Bonchev–Trinajstić information content (AvgIpc) is 3.21. The Kier molecular flexibility index (Phi) is 6.82. The third-order valence-corrected chi connectivity index (χ3v) is 12.3. The fraction of sp³-hybridized carbons (Fsp3) is 0.649. The molecule has 0 radical (unpaired) electrons. The molecule has 6 atom stereocenters. The van der Waals surface area contributed by atoms with E-state index in [0.717, 1.165) is 57.8 Å². The molecule has 3 saturated carbocycles. The first-order valence-electron chi connectivity index (χ1n) is 16.4. The first-order valence-corrected chi connectivity index (χ1v) is 16.4. The van der Waals surface area contributed by atoms with Crippen molar-refractivity contribution in [2.45, 2.75) is 115 Å². The normalized spacial score (nSPS) is 38.6. The minimum absolute atomic E-state index is 0.00702. The topological polar surface area (TPSA) is 71.8 Å². The molecular weight excluding hydrogens is 522 g/mol. The number of fused-ring (bicyclic) bond motifs is 4. The van der Waals surface area contributed by atoms with Gasteiger partial charge in [0, 0.05) is 42.0 Å². The van der Waals surface area contributed by atoms with E-state index in [0.29, 0.717) is 31.5 Å². The molecule has 0 amide bonds. The second-order valence-electron chi connectivity index (χ2n) is 15.6. The van der Waals surface area contributed by atoms with Crippen LogP contribution >= 0.6 is 0 Å². The first kappa shape index (κ1) is 28.7. The lowest BCUT2D eigenvalue weighted by Crippen LogP contribution is -2.58. The fourth-order valence-electron chi connectivity index (χ4n) is 9.53. The minimum atomic E-state index is -0.886. The monoisotopic (exact) mass is 571 g/mol. The van der Waals surface area contributed by atoms with Gasteiger partial charge in [0.2, 0.25) is 0 Å². The van der Waals surface area contributed by atoms with Gasteiger partial charge in [0.15, 0.2) is 5.79 Å². The highest BCUT2D eigenvalue weighted by Gasteiger charge is 2.63. The second-order valence-corrected chi connectivity index (χ2v) is 15.6. The highest BCUT2D eigenvalue weighted by Crippen LogP contribution is 2.67. The van der Waals surface area contributed by atoms with Crippen LogP contribution in [0.3, 0.4) is 0 Å². The van der Waals surface area contributed by atoms with E-state index in [2.05, 4.69) is 69.1 Å². The predicted molar refractivity (Wildman–Crippen MR) is 164 cm³/mol. The molecule has 4 aliphatic carbocycles. The Labute approximate surface area is 251 Å². The number of hydrogen-bond acceptors (Lipinski definition) is 5. The zero-order valence-electron chi connectivity index (χ0n) is 26.0. The second kappa shape index (κ2) is 9.99. The van der Waals surface area contributed by atoms with E-state index in [1.54, 1.807) is 0 Å². The van der Waals surface area contributed by atoms with Crippen molar-refractivity contribution in [2.24, 2.45) is 22.7 Å². The van der Waals surface area contributed by atoms with Gasteiger partial charge in [0.25, 0.3) is 0 Å². The third kappa shape index (κ3) is 4.70. The Balaban J connectivity index is 1.23.